The molecule has 0 aromatic rings. The number of hydrogen-bond acceptors (Lipinski definition) is 3. The van der Waals surface area contributed by atoms with Gasteiger partial charge in [-0.3, -0.25) is 11.7 Å². The third-order valence-corrected chi connectivity index (χ3v) is 1.28. The van der Waals surface area contributed by atoms with Crippen LogP contribution in [0.4, 0.5) is 0 Å². The van der Waals surface area contributed by atoms with E-state index in [1.807, 2.05) is 0 Å². The predicted molar refractivity (Wildman–Crippen MR) is 60.3 cm³/mol. The number of rotatable bonds is 6. The van der Waals surface area contributed by atoms with Gasteiger partial charge in [0.25, 0.3) is 0 Å². The highest BCUT2D eigenvalue weighted by molar-refractivity contribution is 4.33. The third kappa shape index (κ3) is 34.0. The Morgan fingerprint density at radius 2 is 1.23 bits per heavy atom. The topological polar surface area (TPSA) is 61.3 Å². The highest BCUT2D eigenvalue weighted by atomic mass is 16.5. The van der Waals surface area contributed by atoms with Gasteiger partial charge in [0.1, 0.15) is 0 Å². The molecule has 3 nitrogen and oxygen atoms in total. The Morgan fingerprint density at radius 1 is 0.923 bits per heavy atom. The molecule has 4 N–H and O–H groups in total. The van der Waals surface area contributed by atoms with Crippen LogP contribution in [0, 0.1) is 0 Å². The number of ether oxygens (including phenoxy) is 1. The Bertz CT molecular complexity index is 54.9. The summed E-state index contributed by atoms with van der Waals surface area (Å²) in [6.45, 7) is 12.3. The van der Waals surface area contributed by atoms with Gasteiger partial charge in [-0.2, -0.15) is 0 Å². The van der Waals surface area contributed by atoms with Crippen LogP contribution in [0.1, 0.15) is 39.5 Å². The van der Waals surface area contributed by atoms with E-state index in [2.05, 4.69) is 38.7 Å². The van der Waals surface area contributed by atoms with Crippen LogP contribution in [0.3, 0.4) is 0 Å². The normalized spacial score (nSPS) is 7.69. The van der Waals surface area contributed by atoms with Crippen LogP contribution in [0.2, 0.25) is 0 Å². The average molecular weight is 190 g/mol. The lowest BCUT2D eigenvalue weighted by atomic mass is 10.3. The van der Waals surface area contributed by atoms with Gasteiger partial charge in [0.2, 0.25) is 0 Å². The highest BCUT2D eigenvalue weighted by Gasteiger charge is 1.84. The van der Waals surface area contributed by atoms with Crippen molar-refractivity contribution in [3.8, 4) is 0 Å². The van der Waals surface area contributed by atoms with Crippen molar-refractivity contribution in [3.05, 3.63) is 13.2 Å². The van der Waals surface area contributed by atoms with Gasteiger partial charge in [-0.1, -0.05) is 26.7 Å². The molecule has 0 atom stereocenters. The van der Waals surface area contributed by atoms with Gasteiger partial charge >= 0.3 is 0 Å². The average Bonchev–Trinajstić information content (AvgIpc) is 2.24. The summed E-state index contributed by atoms with van der Waals surface area (Å²) in [5.41, 5.74) is 0. The van der Waals surface area contributed by atoms with Crippen molar-refractivity contribution in [3.63, 3.8) is 0 Å². The van der Waals surface area contributed by atoms with Gasteiger partial charge in [0.05, 0.1) is 0 Å². The van der Waals surface area contributed by atoms with Crippen molar-refractivity contribution in [2.75, 3.05) is 13.2 Å². The molecular weight excluding hydrogens is 164 g/mol. The maximum Gasteiger partial charge on any atom is 0.0465 e. The first-order chi connectivity index (χ1) is 6.41. The van der Waals surface area contributed by atoms with E-state index in [0.717, 1.165) is 13.2 Å². The van der Waals surface area contributed by atoms with E-state index in [-0.39, 0.29) is 0 Å². The minimum Gasteiger partial charge on any atom is -0.381 e. The first-order valence-electron chi connectivity index (χ1n) is 4.82. The van der Waals surface area contributed by atoms with Crippen LogP contribution in [0.25, 0.3) is 0 Å². The van der Waals surface area contributed by atoms with Crippen molar-refractivity contribution in [2.45, 2.75) is 39.5 Å². The summed E-state index contributed by atoms with van der Waals surface area (Å²) in [6.07, 6.45) is 4.91. The quantitative estimate of drug-likeness (QED) is 0.292. The molecule has 0 aliphatic heterocycles. The monoisotopic (exact) mass is 190 g/mol. The van der Waals surface area contributed by atoms with Crippen molar-refractivity contribution >= 4 is 0 Å². The van der Waals surface area contributed by atoms with E-state index in [9.17, 15) is 0 Å². The summed E-state index contributed by atoms with van der Waals surface area (Å²) in [7, 11) is 0. The number of unbranched alkanes of at least 4 members (excludes halogenated alkanes) is 2. The second kappa shape index (κ2) is 29.9. The molecule has 13 heavy (non-hydrogen) atoms. The maximum absolute atomic E-state index is 5.31. The Balaban J connectivity index is -0.000000218. The Morgan fingerprint density at radius 3 is 1.46 bits per heavy atom. The van der Waals surface area contributed by atoms with E-state index in [1.54, 1.807) is 0 Å². The zero-order chi connectivity index (χ0) is 10.9. The molecule has 0 heterocycles. The van der Waals surface area contributed by atoms with E-state index >= 15 is 0 Å². The van der Waals surface area contributed by atoms with E-state index in [1.165, 1.54) is 25.7 Å². The number of hydrogen-bond donors (Lipinski definition) is 2. The van der Waals surface area contributed by atoms with Crippen molar-refractivity contribution in [1.29, 1.82) is 0 Å². The molecule has 0 aromatic carbocycles. The molecule has 0 fully saturated rings. The van der Waals surface area contributed by atoms with Crippen molar-refractivity contribution in [2.24, 2.45) is 11.7 Å². The van der Waals surface area contributed by atoms with Crippen LogP contribution >= 0.6 is 0 Å². The summed E-state index contributed by atoms with van der Waals surface area (Å²) in [5, 5.41) is 0. The Labute approximate surface area is 83.1 Å². The minimum atomic E-state index is 0.955. The lowest BCUT2D eigenvalue weighted by Gasteiger charge is -1.99. The van der Waals surface area contributed by atoms with Crippen LogP contribution in [0.15, 0.2) is 13.2 Å². The molecule has 0 bridgehead atoms. The largest absolute Gasteiger partial charge is 0.381 e. The molecule has 0 unspecified atom stereocenters. The summed E-state index contributed by atoms with van der Waals surface area (Å²) in [6, 6.07) is 0. The summed E-state index contributed by atoms with van der Waals surface area (Å²) >= 11 is 0. The zero-order valence-corrected chi connectivity index (χ0v) is 9.22. The minimum absolute atomic E-state index is 0.955. The van der Waals surface area contributed by atoms with Gasteiger partial charge in [0.15, 0.2) is 0 Å². The second-order valence-corrected chi connectivity index (χ2v) is 2.32. The van der Waals surface area contributed by atoms with Crippen molar-refractivity contribution < 1.29 is 4.74 Å². The number of nitrogens with two attached hydrogens (primary N) is 2. The molecule has 0 spiro atoms. The molecule has 0 rings (SSSR count). The SMILES string of the molecule is C=C.CCCCOCCCC.NN. The first-order valence-corrected chi connectivity index (χ1v) is 4.82. The van der Waals surface area contributed by atoms with E-state index in [0.29, 0.717) is 0 Å². The lowest BCUT2D eigenvalue weighted by Crippen LogP contribution is -2.02. The Kier molecular flexibility index (Phi) is 42.4. The van der Waals surface area contributed by atoms with Gasteiger partial charge < -0.3 is 4.74 Å². The molecule has 0 saturated carbocycles. The van der Waals surface area contributed by atoms with E-state index < -0.39 is 0 Å². The molecule has 0 aromatic heterocycles. The molecule has 0 radical (unpaired) electrons. The fourth-order valence-corrected chi connectivity index (χ4v) is 0.595. The molecule has 82 valence electrons. The summed E-state index contributed by atoms with van der Waals surface area (Å²) in [4.78, 5) is 0. The van der Waals surface area contributed by atoms with Crippen LogP contribution in [0.5, 0.6) is 0 Å². The smallest absolute Gasteiger partial charge is 0.0465 e. The maximum atomic E-state index is 5.31. The lowest BCUT2D eigenvalue weighted by molar-refractivity contribution is 0.128. The van der Waals surface area contributed by atoms with Gasteiger partial charge in [-0.05, 0) is 12.8 Å². The molecular formula is C10H26N2O. The Hall–Kier alpha value is -0.380. The molecule has 0 aliphatic carbocycles. The fraction of sp³-hybridized carbons (Fsp3) is 0.800. The zero-order valence-electron chi connectivity index (χ0n) is 9.22. The molecule has 0 amide bonds. The standard InChI is InChI=1S/C8H18O.C2H4.H4N2/c1-3-5-7-9-8-6-4-2;2*1-2/h3-8H2,1-2H3;2*1-2H2. The van der Waals surface area contributed by atoms with Crippen LogP contribution in [-0.2, 0) is 4.74 Å². The fourth-order valence-electron chi connectivity index (χ4n) is 0.595. The molecule has 0 aliphatic rings. The van der Waals surface area contributed by atoms with Gasteiger partial charge in [-0.15, -0.1) is 13.2 Å². The van der Waals surface area contributed by atoms with Crippen LogP contribution in [-0.4, -0.2) is 13.2 Å². The first kappa shape index (κ1) is 18.4. The second-order valence-electron chi connectivity index (χ2n) is 2.32. The summed E-state index contributed by atoms with van der Waals surface area (Å²) in [5.74, 6) is 8.00. The number of hydrazine groups is 1. The molecule has 3 heteroatoms. The highest BCUT2D eigenvalue weighted by Crippen LogP contribution is 1.91. The van der Waals surface area contributed by atoms with Gasteiger partial charge in [0, 0.05) is 13.2 Å². The predicted octanol–water partition coefficient (Wildman–Crippen LogP) is 2.22. The van der Waals surface area contributed by atoms with Crippen molar-refractivity contribution in [1.82, 2.24) is 0 Å². The van der Waals surface area contributed by atoms with Crippen LogP contribution < -0.4 is 11.7 Å². The summed E-state index contributed by atoms with van der Waals surface area (Å²) < 4.78 is 5.31. The van der Waals surface area contributed by atoms with E-state index in [4.69, 9.17) is 4.74 Å². The van der Waals surface area contributed by atoms with Gasteiger partial charge in [-0.25, -0.2) is 0 Å². The molecule has 0 saturated heterocycles. The third-order valence-electron chi connectivity index (χ3n) is 1.28.